The first-order valence-corrected chi connectivity index (χ1v) is 9.79. The molecule has 0 spiro atoms. The highest BCUT2D eigenvalue weighted by Gasteiger charge is 2.02. The van der Waals surface area contributed by atoms with Crippen LogP contribution >= 0.6 is 46.9 Å². The largest absolute Gasteiger partial charge is 0.331 e. The van der Waals surface area contributed by atoms with Gasteiger partial charge in [-0.3, -0.25) is 5.43 Å². The van der Waals surface area contributed by atoms with Crippen molar-refractivity contribution in [1.82, 2.24) is 5.43 Å². The van der Waals surface area contributed by atoms with E-state index in [1.54, 1.807) is 29.3 Å². The number of benzene rings is 2. The zero-order chi connectivity index (χ0) is 17.5. The molecule has 126 valence electrons. The molecule has 3 nitrogen and oxygen atoms in total. The normalized spacial score (nSPS) is 10.8. The summed E-state index contributed by atoms with van der Waals surface area (Å²) in [5, 5.41) is 8.44. The van der Waals surface area contributed by atoms with Crippen LogP contribution in [0, 0.1) is 0 Å². The summed E-state index contributed by atoms with van der Waals surface area (Å²) in [5.41, 5.74) is 3.74. The third-order valence-electron chi connectivity index (χ3n) is 3.02. The SMILES string of the molecule is S=C(N/N=C/c1ccc(Sc2ccc(Cl)cc2)s1)Nc1ccccc1. The van der Waals surface area contributed by atoms with Crippen molar-refractivity contribution in [2.45, 2.75) is 9.10 Å². The first-order valence-electron chi connectivity index (χ1n) is 7.37. The van der Waals surface area contributed by atoms with Gasteiger partial charge in [-0.2, -0.15) is 5.10 Å². The van der Waals surface area contributed by atoms with Crippen LogP contribution in [-0.2, 0) is 0 Å². The number of hydrogen-bond acceptors (Lipinski definition) is 4. The van der Waals surface area contributed by atoms with Gasteiger partial charge in [0.15, 0.2) is 5.11 Å². The summed E-state index contributed by atoms with van der Waals surface area (Å²) < 4.78 is 1.19. The van der Waals surface area contributed by atoms with Crippen LogP contribution in [0.15, 0.2) is 80.9 Å². The van der Waals surface area contributed by atoms with Gasteiger partial charge in [-0.15, -0.1) is 11.3 Å². The van der Waals surface area contributed by atoms with Crippen LogP contribution < -0.4 is 10.7 Å². The van der Waals surface area contributed by atoms with Crippen LogP contribution in [0.5, 0.6) is 0 Å². The molecule has 0 fully saturated rings. The third-order valence-corrected chi connectivity index (χ3v) is 5.63. The van der Waals surface area contributed by atoms with Crippen LogP contribution in [0.1, 0.15) is 4.88 Å². The molecule has 0 saturated heterocycles. The van der Waals surface area contributed by atoms with Crippen molar-refractivity contribution < 1.29 is 0 Å². The summed E-state index contributed by atoms with van der Waals surface area (Å²) in [4.78, 5) is 2.20. The molecule has 1 heterocycles. The van der Waals surface area contributed by atoms with E-state index in [1.807, 2.05) is 60.7 Å². The van der Waals surface area contributed by atoms with Crippen molar-refractivity contribution in [1.29, 1.82) is 0 Å². The first kappa shape index (κ1) is 17.9. The molecule has 0 aliphatic rings. The molecule has 0 amide bonds. The Hall–Kier alpha value is -1.86. The van der Waals surface area contributed by atoms with Gasteiger partial charge in [-0.25, -0.2) is 0 Å². The summed E-state index contributed by atoms with van der Waals surface area (Å²) in [5.74, 6) is 0. The maximum absolute atomic E-state index is 5.91. The monoisotopic (exact) mass is 403 g/mol. The van der Waals surface area contributed by atoms with E-state index < -0.39 is 0 Å². The van der Waals surface area contributed by atoms with E-state index in [2.05, 4.69) is 21.9 Å². The quantitative estimate of drug-likeness (QED) is 0.317. The Balaban J connectivity index is 1.51. The number of nitrogens with zero attached hydrogens (tertiary/aromatic N) is 1. The molecule has 0 aliphatic carbocycles. The lowest BCUT2D eigenvalue weighted by molar-refractivity contribution is 1.05. The maximum Gasteiger partial charge on any atom is 0.191 e. The molecule has 25 heavy (non-hydrogen) atoms. The molecule has 0 saturated carbocycles. The summed E-state index contributed by atoms with van der Waals surface area (Å²) in [6.45, 7) is 0. The topological polar surface area (TPSA) is 36.4 Å². The van der Waals surface area contributed by atoms with Crippen molar-refractivity contribution in [2.24, 2.45) is 5.10 Å². The van der Waals surface area contributed by atoms with Gasteiger partial charge in [-0.05, 0) is 60.7 Å². The van der Waals surface area contributed by atoms with Crippen molar-refractivity contribution in [3.8, 4) is 0 Å². The van der Waals surface area contributed by atoms with Crippen molar-refractivity contribution in [2.75, 3.05) is 5.32 Å². The van der Waals surface area contributed by atoms with Gasteiger partial charge in [0.25, 0.3) is 0 Å². The summed E-state index contributed by atoms with van der Waals surface area (Å²) >= 11 is 14.5. The van der Waals surface area contributed by atoms with E-state index in [-0.39, 0.29) is 0 Å². The Kier molecular flexibility index (Phi) is 6.47. The fourth-order valence-corrected chi connectivity index (χ4v) is 4.20. The van der Waals surface area contributed by atoms with Gasteiger partial charge in [0.05, 0.1) is 10.4 Å². The molecule has 2 aromatic carbocycles. The molecule has 3 rings (SSSR count). The second-order valence-electron chi connectivity index (χ2n) is 4.90. The number of nitrogens with one attached hydrogen (secondary N) is 2. The summed E-state index contributed by atoms with van der Waals surface area (Å²) in [7, 11) is 0. The smallest absolute Gasteiger partial charge is 0.191 e. The lowest BCUT2D eigenvalue weighted by atomic mass is 10.3. The highest BCUT2D eigenvalue weighted by atomic mass is 35.5. The van der Waals surface area contributed by atoms with Gasteiger partial charge in [0.2, 0.25) is 0 Å². The first-order chi connectivity index (χ1) is 12.2. The fourth-order valence-electron chi connectivity index (χ4n) is 1.91. The molecule has 0 unspecified atom stereocenters. The van der Waals surface area contributed by atoms with Crippen LogP contribution in [0.25, 0.3) is 0 Å². The number of hydrogen-bond donors (Lipinski definition) is 2. The standard InChI is InChI=1S/C18H14ClN3S3/c19-13-6-8-15(9-7-13)24-17-11-10-16(25-17)12-20-22-18(23)21-14-4-2-1-3-5-14/h1-12H,(H2,21,22,23)/b20-12+. The van der Waals surface area contributed by atoms with Gasteiger partial charge in [-0.1, -0.05) is 41.6 Å². The Morgan fingerprint density at radius 2 is 1.80 bits per heavy atom. The molecule has 0 bridgehead atoms. The fraction of sp³-hybridized carbons (Fsp3) is 0. The minimum Gasteiger partial charge on any atom is -0.331 e. The molecule has 0 atom stereocenters. The second-order valence-corrected chi connectivity index (χ2v) is 8.24. The van der Waals surface area contributed by atoms with Gasteiger partial charge < -0.3 is 5.32 Å². The van der Waals surface area contributed by atoms with Crippen LogP contribution in [0.2, 0.25) is 5.02 Å². The Morgan fingerprint density at radius 3 is 2.56 bits per heavy atom. The highest BCUT2D eigenvalue weighted by Crippen LogP contribution is 2.33. The van der Waals surface area contributed by atoms with Crippen molar-refractivity contribution in [3.63, 3.8) is 0 Å². The highest BCUT2D eigenvalue weighted by molar-refractivity contribution is 8.01. The number of para-hydroxylation sites is 1. The Morgan fingerprint density at radius 1 is 1.04 bits per heavy atom. The predicted molar refractivity (Wildman–Crippen MR) is 113 cm³/mol. The average Bonchev–Trinajstić information content (AvgIpc) is 3.05. The van der Waals surface area contributed by atoms with Crippen LogP contribution in [0.3, 0.4) is 0 Å². The molecule has 7 heteroatoms. The molecule has 2 N–H and O–H groups in total. The number of thiophene rings is 1. The molecule has 0 radical (unpaired) electrons. The summed E-state index contributed by atoms with van der Waals surface area (Å²) in [6, 6.07) is 21.6. The van der Waals surface area contributed by atoms with E-state index in [0.717, 1.165) is 20.5 Å². The number of rotatable bonds is 5. The van der Waals surface area contributed by atoms with E-state index in [0.29, 0.717) is 5.11 Å². The molecular weight excluding hydrogens is 390 g/mol. The average molecular weight is 404 g/mol. The minimum atomic E-state index is 0.453. The molecular formula is C18H14ClN3S3. The third kappa shape index (κ3) is 5.86. The number of anilines is 1. The van der Waals surface area contributed by atoms with Gasteiger partial charge in [0, 0.05) is 20.5 Å². The summed E-state index contributed by atoms with van der Waals surface area (Å²) in [6.07, 6.45) is 1.76. The zero-order valence-corrected chi connectivity index (χ0v) is 16.2. The number of thiocarbonyl (C=S) groups is 1. The van der Waals surface area contributed by atoms with Crippen LogP contribution in [0.4, 0.5) is 5.69 Å². The van der Waals surface area contributed by atoms with Gasteiger partial charge in [0.1, 0.15) is 0 Å². The van der Waals surface area contributed by atoms with E-state index in [9.17, 15) is 0 Å². The lowest BCUT2D eigenvalue weighted by Gasteiger charge is -2.05. The van der Waals surface area contributed by atoms with Crippen LogP contribution in [-0.4, -0.2) is 11.3 Å². The molecule has 0 aliphatic heterocycles. The van der Waals surface area contributed by atoms with E-state index in [4.69, 9.17) is 23.8 Å². The lowest BCUT2D eigenvalue weighted by Crippen LogP contribution is -2.23. The minimum absolute atomic E-state index is 0.453. The van der Waals surface area contributed by atoms with Crippen molar-refractivity contribution in [3.05, 3.63) is 76.6 Å². The maximum atomic E-state index is 5.91. The van der Waals surface area contributed by atoms with Gasteiger partial charge >= 0.3 is 0 Å². The zero-order valence-electron chi connectivity index (χ0n) is 13.0. The van der Waals surface area contributed by atoms with E-state index >= 15 is 0 Å². The Bertz CT molecular complexity index is 861. The molecule has 1 aromatic heterocycles. The number of halogens is 1. The van der Waals surface area contributed by atoms with E-state index in [1.165, 1.54) is 4.21 Å². The number of hydrazone groups is 1. The Labute approximate surface area is 165 Å². The second kappa shape index (κ2) is 9.01. The predicted octanol–water partition coefficient (Wildman–Crippen LogP) is 5.87. The molecule has 3 aromatic rings. The van der Waals surface area contributed by atoms with Crippen molar-refractivity contribution >= 4 is 63.9 Å².